The Balaban J connectivity index is 2.93. The third kappa shape index (κ3) is 4.96. The van der Waals surface area contributed by atoms with Crippen molar-refractivity contribution in [2.45, 2.75) is 44.2 Å². The van der Waals surface area contributed by atoms with Crippen LogP contribution in [0.2, 0.25) is 0 Å². The number of hydrogen-bond acceptors (Lipinski definition) is 6. The molecule has 118 valence electrons. The number of hydrogen-bond donors (Lipinski definition) is 4. The second-order valence-electron chi connectivity index (χ2n) is 5.60. The largest absolute Gasteiger partial charge is 0.350 e. The molecule has 1 heterocycles. The molecule has 0 saturated heterocycles. The van der Waals surface area contributed by atoms with Crippen LogP contribution < -0.4 is 21.3 Å². The van der Waals surface area contributed by atoms with Crippen LogP contribution in [0, 0.1) is 0 Å². The van der Waals surface area contributed by atoms with Gasteiger partial charge in [0, 0.05) is 17.9 Å². The van der Waals surface area contributed by atoms with E-state index >= 15 is 0 Å². The highest BCUT2D eigenvalue weighted by atomic mass is 32.2. The van der Waals surface area contributed by atoms with Gasteiger partial charge in [-0.05, 0) is 33.8 Å². The number of pyridine rings is 1. The third-order valence-electron chi connectivity index (χ3n) is 2.45. The van der Waals surface area contributed by atoms with E-state index in [2.05, 4.69) is 20.4 Å². The third-order valence-corrected chi connectivity index (χ3v) is 4.02. The van der Waals surface area contributed by atoms with E-state index < -0.39 is 27.5 Å². The van der Waals surface area contributed by atoms with Crippen molar-refractivity contribution in [2.75, 3.05) is 5.43 Å². The van der Waals surface area contributed by atoms with Crippen LogP contribution in [0.3, 0.4) is 0 Å². The summed E-state index contributed by atoms with van der Waals surface area (Å²) in [6, 6.07) is 0.495. The second-order valence-corrected chi connectivity index (χ2v) is 7.28. The van der Waals surface area contributed by atoms with E-state index in [-0.39, 0.29) is 10.6 Å². The zero-order valence-electron chi connectivity index (χ0n) is 12.5. The standard InChI is InChI=1S/C12H21N5O3S/c1-8(11(18)15-12(2,3)4)17-21(19,20)10-7-14-6-5-9(10)16-13/h5-8,17H,13H2,1-4H3,(H,14,16)(H,15,18). The fraction of sp³-hybridized carbons (Fsp3) is 0.500. The molecule has 5 N–H and O–H groups in total. The lowest BCUT2D eigenvalue weighted by Crippen LogP contribution is -2.50. The lowest BCUT2D eigenvalue weighted by Gasteiger charge is -2.23. The van der Waals surface area contributed by atoms with Gasteiger partial charge in [0.2, 0.25) is 15.9 Å². The average molecular weight is 315 g/mol. The molecule has 0 fully saturated rings. The Morgan fingerprint density at radius 1 is 1.38 bits per heavy atom. The normalized spacial score (nSPS) is 13.6. The first kappa shape index (κ1) is 17.3. The van der Waals surface area contributed by atoms with Gasteiger partial charge in [0.05, 0.1) is 11.7 Å². The number of nitrogens with one attached hydrogen (secondary N) is 3. The maximum Gasteiger partial charge on any atom is 0.244 e. The number of sulfonamides is 1. The highest BCUT2D eigenvalue weighted by Crippen LogP contribution is 2.18. The Morgan fingerprint density at radius 3 is 2.52 bits per heavy atom. The molecule has 0 bridgehead atoms. The summed E-state index contributed by atoms with van der Waals surface area (Å²) in [5, 5.41) is 2.70. The first-order valence-electron chi connectivity index (χ1n) is 6.32. The Labute approximate surface area is 124 Å². The minimum atomic E-state index is -3.92. The van der Waals surface area contributed by atoms with Gasteiger partial charge in [-0.1, -0.05) is 0 Å². The molecule has 0 aromatic carbocycles. The Kier molecular flexibility index (Phi) is 5.26. The monoisotopic (exact) mass is 315 g/mol. The molecule has 9 heteroatoms. The molecular formula is C12H21N5O3S. The highest BCUT2D eigenvalue weighted by Gasteiger charge is 2.26. The van der Waals surface area contributed by atoms with Gasteiger partial charge in [-0.2, -0.15) is 4.72 Å². The van der Waals surface area contributed by atoms with Crippen LogP contribution >= 0.6 is 0 Å². The number of carbonyl (C=O) groups is 1. The minimum Gasteiger partial charge on any atom is -0.350 e. The summed E-state index contributed by atoms with van der Waals surface area (Å²) in [6.07, 6.45) is 2.57. The summed E-state index contributed by atoms with van der Waals surface area (Å²) >= 11 is 0. The molecule has 0 aliphatic heterocycles. The maximum atomic E-state index is 12.3. The van der Waals surface area contributed by atoms with Crippen LogP contribution in [0.4, 0.5) is 5.69 Å². The Morgan fingerprint density at radius 2 is 2.00 bits per heavy atom. The predicted molar refractivity (Wildman–Crippen MR) is 79.7 cm³/mol. The Hall–Kier alpha value is -1.71. The van der Waals surface area contributed by atoms with Crippen molar-refractivity contribution < 1.29 is 13.2 Å². The number of hydrazine groups is 1. The van der Waals surface area contributed by atoms with E-state index in [0.29, 0.717) is 0 Å². The topological polar surface area (TPSA) is 126 Å². The fourth-order valence-corrected chi connectivity index (χ4v) is 2.86. The molecule has 0 radical (unpaired) electrons. The molecule has 1 aromatic heterocycles. The van der Waals surface area contributed by atoms with Crippen LogP contribution in [-0.4, -0.2) is 30.9 Å². The minimum absolute atomic E-state index is 0.122. The molecule has 8 nitrogen and oxygen atoms in total. The molecule has 0 spiro atoms. The van der Waals surface area contributed by atoms with Gasteiger partial charge in [-0.3, -0.25) is 15.6 Å². The summed E-state index contributed by atoms with van der Waals surface area (Å²) in [6.45, 7) is 6.89. The molecule has 1 aromatic rings. The highest BCUT2D eigenvalue weighted by molar-refractivity contribution is 7.89. The summed E-state index contributed by atoms with van der Waals surface area (Å²) in [4.78, 5) is 15.6. The zero-order valence-corrected chi connectivity index (χ0v) is 13.3. The van der Waals surface area contributed by atoms with Crippen molar-refractivity contribution in [3.05, 3.63) is 18.5 Å². The van der Waals surface area contributed by atoms with Gasteiger partial charge in [-0.15, -0.1) is 0 Å². The number of nitrogen functional groups attached to an aromatic ring is 1. The lowest BCUT2D eigenvalue weighted by atomic mass is 10.1. The van der Waals surface area contributed by atoms with Crippen LogP contribution in [0.1, 0.15) is 27.7 Å². The van der Waals surface area contributed by atoms with E-state index in [1.807, 2.05) is 20.8 Å². The number of amides is 1. The SMILES string of the molecule is CC(NS(=O)(=O)c1cnccc1NN)C(=O)NC(C)(C)C. The van der Waals surface area contributed by atoms with Gasteiger partial charge in [-0.25, -0.2) is 8.42 Å². The van der Waals surface area contributed by atoms with E-state index in [0.717, 1.165) is 6.20 Å². The van der Waals surface area contributed by atoms with Crippen molar-refractivity contribution >= 4 is 21.6 Å². The van der Waals surface area contributed by atoms with Crippen molar-refractivity contribution in [3.63, 3.8) is 0 Å². The first-order chi connectivity index (χ1) is 9.57. The van der Waals surface area contributed by atoms with E-state index in [1.165, 1.54) is 19.2 Å². The lowest BCUT2D eigenvalue weighted by molar-refractivity contribution is -0.123. The first-order valence-corrected chi connectivity index (χ1v) is 7.80. The van der Waals surface area contributed by atoms with Crippen LogP contribution in [-0.2, 0) is 14.8 Å². The van der Waals surface area contributed by atoms with Gasteiger partial charge in [0.25, 0.3) is 0 Å². The molecule has 1 rings (SSSR count). The smallest absolute Gasteiger partial charge is 0.244 e. The summed E-state index contributed by atoms with van der Waals surface area (Å²) in [5.41, 5.74) is 2.03. The van der Waals surface area contributed by atoms with E-state index in [4.69, 9.17) is 5.84 Å². The maximum absolute atomic E-state index is 12.3. The van der Waals surface area contributed by atoms with Crippen molar-refractivity contribution in [1.82, 2.24) is 15.0 Å². The Bertz CT molecular complexity index is 610. The van der Waals surface area contributed by atoms with Crippen LogP contribution in [0.5, 0.6) is 0 Å². The number of aromatic nitrogens is 1. The summed E-state index contributed by atoms with van der Waals surface area (Å²) < 4.78 is 26.8. The molecule has 21 heavy (non-hydrogen) atoms. The number of nitrogens with two attached hydrogens (primary N) is 1. The number of rotatable bonds is 5. The zero-order chi connectivity index (χ0) is 16.3. The molecule has 1 amide bonds. The molecule has 1 unspecified atom stereocenters. The summed E-state index contributed by atoms with van der Waals surface area (Å²) in [7, 11) is -3.92. The molecule has 1 atom stereocenters. The van der Waals surface area contributed by atoms with Crippen molar-refractivity contribution in [2.24, 2.45) is 5.84 Å². The van der Waals surface area contributed by atoms with Gasteiger partial charge >= 0.3 is 0 Å². The number of nitrogens with zero attached hydrogens (tertiary/aromatic N) is 1. The molecule has 0 saturated carbocycles. The van der Waals surface area contributed by atoms with Crippen LogP contribution in [0.15, 0.2) is 23.4 Å². The molecular weight excluding hydrogens is 294 g/mol. The quantitative estimate of drug-likeness (QED) is 0.446. The molecule has 0 aliphatic rings. The average Bonchev–Trinajstić information content (AvgIpc) is 2.36. The van der Waals surface area contributed by atoms with Crippen molar-refractivity contribution in [3.8, 4) is 0 Å². The number of anilines is 1. The van der Waals surface area contributed by atoms with Gasteiger partial charge in [0.1, 0.15) is 4.90 Å². The molecule has 0 aliphatic carbocycles. The van der Waals surface area contributed by atoms with Gasteiger partial charge < -0.3 is 10.7 Å². The summed E-state index contributed by atoms with van der Waals surface area (Å²) in [5.74, 6) is 4.85. The van der Waals surface area contributed by atoms with Crippen molar-refractivity contribution in [1.29, 1.82) is 0 Å². The van der Waals surface area contributed by atoms with Crippen LogP contribution in [0.25, 0.3) is 0 Å². The number of carbonyl (C=O) groups excluding carboxylic acids is 1. The predicted octanol–water partition coefficient (Wildman–Crippen LogP) is -0.0513. The van der Waals surface area contributed by atoms with Gasteiger partial charge in [0.15, 0.2) is 0 Å². The van der Waals surface area contributed by atoms with E-state index in [1.54, 1.807) is 0 Å². The fourth-order valence-electron chi connectivity index (χ4n) is 1.54. The second kappa shape index (κ2) is 6.37. The van der Waals surface area contributed by atoms with E-state index in [9.17, 15) is 13.2 Å².